The summed E-state index contributed by atoms with van der Waals surface area (Å²) in [5, 5.41) is 17.9. The van der Waals surface area contributed by atoms with Crippen LogP contribution >= 0.6 is 0 Å². The number of rotatable bonds is 14. The van der Waals surface area contributed by atoms with Crippen LogP contribution in [0.15, 0.2) is 195 Å². The highest BCUT2D eigenvalue weighted by Crippen LogP contribution is 2.44. The van der Waals surface area contributed by atoms with Crippen LogP contribution in [0.3, 0.4) is 0 Å². The van der Waals surface area contributed by atoms with Gasteiger partial charge in [-0.2, -0.15) is 0 Å². The van der Waals surface area contributed by atoms with Crippen molar-refractivity contribution in [2.75, 3.05) is 0 Å². The van der Waals surface area contributed by atoms with E-state index >= 15 is 0 Å². The zero-order valence-corrected chi connectivity index (χ0v) is 42.2. The van der Waals surface area contributed by atoms with Gasteiger partial charge in [-0.3, -0.25) is 39.1 Å². The van der Waals surface area contributed by atoms with Crippen LogP contribution < -0.4 is 15.4 Å². The fourth-order valence-electron chi connectivity index (χ4n) is 10.0. The van der Waals surface area contributed by atoms with Gasteiger partial charge in [-0.25, -0.2) is 8.78 Å². The number of phenolic OH excluding ortho intramolecular Hbond substituents is 1. The second kappa shape index (κ2) is 22.5. The van der Waals surface area contributed by atoms with Gasteiger partial charge in [0.05, 0.1) is 22.3 Å². The van der Waals surface area contributed by atoms with Crippen LogP contribution in [0, 0.1) is 11.6 Å². The van der Waals surface area contributed by atoms with E-state index in [4.69, 9.17) is 4.74 Å². The van der Waals surface area contributed by atoms with Crippen molar-refractivity contribution in [3.8, 4) is 11.5 Å². The predicted octanol–water partition coefficient (Wildman–Crippen LogP) is 10.6. The fraction of sp³-hybridized carbons (Fsp3) is 0.111. The van der Waals surface area contributed by atoms with Crippen molar-refractivity contribution in [1.29, 1.82) is 0 Å². The summed E-state index contributed by atoms with van der Waals surface area (Å²) in [7, 11) is 0. The van der Waals surface area contributed by atoms with Crippen LogP contribution in [-0.4, -0.2) is 58.5 Å². The molecule has 2 aliphatic rings. The minimum atomic E-state index is -0.554. The lowest BCUT2D eigenvalue weighted by Gasteiger charge is -2.23. The van der Waals surface area contributed by atoms with Crippen molar-refractivity contribution in [2.45, 2.75) is 45.4 Å². The highest BCUT2D eigenvalue weighted by molar-refractivity contribution is 6.17. The largest absolute Gasteiger partial charge is 0.505 e. The number of hydrogen-bond donors (Lipinski definition) is 3. The Morgan fingerprint density at radius 3 is 1.43 bits per heavy atom. The smallest absolute Gasteiger partial charge is 0.258 e. The van der Waals surface area contributed by atoms with Gasteiger partial charge in [0, 0.05) is 98.3 Å². The third-order valence-corrected chi connectivity index (χ3v) is 13.8. The average Bonchev–Trinajstić information content (AvgIpc) is 4.10. The molecule has 0 aliphatic carbocycles. The number of nitrogens with zero attached hydrogens (tertiary/aromatic N) is 6. The van der Waals surface area contributed by atoms with Gasteiger partial charge < -0.3 is 30.3 Å². The lowest BCUT2D eigenvalue weighted by Crippen LogP contribution is -2.25. The summed E-state index contributed by atoms with van der Waals surface area (Å²) in [6, 6.07) is 45.8. The summed E-state index contributed by atoms with van der Waals surface area (Å²) in [5.41, 5.74) is 7.80. The molecule has 0 saturated carbocycles. The maximum atomic E-state index is 14.3. The van der Waals surface area contributed by atoms with Gasteiger partial charge in [-0.05, 0) is 94.0 Å². The first-order valence-corrected chi connectivity index (χ1v) is 25.3. The zero-order chi connectivity index (χ0) is 54.4. The first-order chi connectivity index (χ1) is 38.6. The number of carbonyl (C=O) groups excluding carboxylic acids is 4. The van der Waals surface area contributed by atoms with Crippen molar-refractivity contribution in [3.63, 3.8) is 0 Å². The van der Waals surface area contributed by atoms with Crippen molar-refractivity contribution >= 4 is 45.4 Å². The van der Waals surface area contributed by atoms with Gasteiger partial charge in [-0.1, -0.05) is 97.1 Å². The third-order valence-electron chi connectivity index (χ3n) is 13.8. The molecule has 4 amide bonds. The number of nitrogens with one attached hydrogen (secondary N) is 2. The summed E-state index contributed by atoms with van der Waals surface area (Å²) in [5.74, 6) is -2.01. The van der Waals surface area contributed by atoms with E-state index in [9.17, 15) is 33.1 Å². The molecule has 4 aromatic heterocycles. The number of ether oxygens (including phenoxy) is 1. The highest BCUT2D eigenvalue weighted by atomic mass is 19.1. The van der Waals surface area contributed by atoms with E-state index in [1.807, 2.05) is 78.9 Å². The van der Waals surface area contributed by atoms with Crippen LogP contribution in [0.4, 0.5) is 8.78 Å². The molecule has 0 spiro atoms. The van der Waals surface area contributed by atoms with E-state index in [0.29, 0.717) is 49.9 Å². The van der Waals surface area contributed by atoms with Gasteiger partial charge in [0.1, 0.15) is 28.8 Å². The molecule has 0 atom stereocenters. The Morgan fingerprint density at radius 1 is 0.519 bits per heavy atom. The molecule has 0 fully saturated rings. The highest BCUT2D eigenvalue weighted by Gasteiger charge is 2.39. The number of aromatic hydroxyl groups is 1. The normalized spacial score (nSPS) is 12.5. The quantitative estimate of drug-likeness (QED) is 0.0949. The maximum Gasteiger partial charge on any atom is 0.258 e. The number of benzene rings is 6. The van der Waals surface area contributed by atoms with E-state index in [2.05, 4.69) is 30.6 Å². The minimum Gasteiger partial charge on any atom is -0.505 e. The summed E-state index contributed by atoms with van der Waals surface area (Å²) >= 11 is 0. The molecule has 0 unspecified atom stereocenters. The molecular formula is C63H48F2N8O6. The molecule has 0 saturated heterocycles. The number of carbonyl (C=O) groups is 4. The first-order valence-electron chi connectivity index (χ1n) is 25.3. The standard InChI is InChI=1S/C38H29FN4O3.C25H19FN4O3/c39-29-15-13-26(14-16-29)23-43-24-31-32(37(44)42-22-25-17-20-40-21-18-25)30-12-7-19-41-34(30)36(33(31)38(43)45)46-35(27-8-3-1-4-9-27)28-10-5-2-6-11-28;26-17-5-3-16(4-6-17)13-30-14-19-20(24(32)29-12-15-7-10-27-11-8-15)18-2-1-9-28-22(18)23(31)21(19)25(30)33/h1-21,35H,22-24H2,(H,42,44);1-11,31H,12-14H2,(H,29,32). The van der Waals surface area contributed by atoms with Gasteiger partial charge in [0.25, 0.3) is 23.6 Å². The Kier molecular flexibility index (Phi) is 14.5. The molecule has 6 aromatic carbocycles. The third kappa shape index (κ3) is 10.7. The Labute approximate surface area is 452 Å². The predicted molar refractivity (Wildman–Crippen MR) is 291 cm³/mol. The Hall–Kier alpha value is -10.2. The fourth-order valence-corrected chi connectivity index (χ4v) is 10.0. The van der Waals surface area contributed by atoms with Gasteiger partial charge in [-0.15, -0.1) is 0 Å². The van der Waals surface area contributed by atoms with Gasteiger partial charge >= 0.3 is 0 Å². The summed E-state index contributed by atoms with van der Waals surface area (Å²) < 4.78 is 33.9. The summed E-state index contributed by atoms with van der Waals surface area (Å²) in [4.78, 5) is 75.0. The molecular weight excluding hydrogens is 1000 g/mol. The second-order valence-corrected chi connectivity index (χ2v) is 18.9. The van der Waals surface area contributed by atoms with E-state index in [-0.39, 0.29) is 85.5 Å². The molecule has 0 radical (unpaired) electrons. The van der Waals surface area contributed by atoms with Gasteiger partial charge in [0.2, 0.25) is 0 Å². The molecule has 3 N–H and O–H groups in total. The monoisotopic (exact) mass is 1050 g/mol. The molecule has 14 nitrogen and oxygen atoms in total. The van der Waals surface area contributed by atoms with Crippen LogP contribution in [0.25, 0.3) is 21.8 Å². The van der Waals surface area contributed by atoms with Crippen LogP contribution in [0.5, 0.6) is 11.5 Å². The van der Waals surface area contributed by atoms with E-state index in [1.165, 1.54) is 35.4 Å². The van der Waals surface area contributed by atoms with Crippen molar-refractivity contribution in [3.05, 3.63) is 273 Å². The molecule has 6 heterocycles. The molecule has 0 bridgehead atoms. The van der Waals surface area contributed by atoms with E-state index in [1.54, 1.807) is 90.5 Å². The average molecular weight is 1050 g/mol. The first kappa shape index (κ1) is 50.9. The van der Waals surface area contributed by atoms with Crippen LogP contribution in [-0.2, 0) is 39.3 Å². The molecule has 2 aliphatic heterocycles. The van der Waals surface area contributed by atoms with E-state index in [0.717, 1.165) is 33.4 Å². The number of halogens is 2. The lowest BCUT2D eigenvalue weighted by molar-refractivity contribution is 0.0755. The topological polar surface area (TPSA) is 180 Å². The number of fused-ring (bicyclic) bond motifs is 4. The summed E-state index contributed by atoms with van der Waals surface area (Å²) in [6.45, 7) is 1.33. The number of amides is 4. The van der Waals surface area contributed by atoms with Crippen LogP contribution in [0.1, 0.15) is 92.0 Å². The van der Waals surface area contributed by atoms with Crippen molar-refractivity contribution in [2.24, 2.45) is 0 Å². The van der Waals surface area contributed by atoms with Crippen molar-refractivity contribution in [1.82, 2.24) is 40.4 Å². The molecule has 390 valence electrons. The minimum absolute atomic E-state index is 0.0809. The van der Waals surface area contributed by atoms with E-state index < -0.39 is 12.0 Å². The summed E-state index contributed by atoms with van der Waals surface area (Å²) in [6.07, 6.45) is 9.22. The van der Waals surface area contributed by atoms with Gasteiger partial charge in [0.15, 0.2) is 11.5 Å². The molecule has 10 aromatic rings. The second-order valence-electron chi connectivity index (χ2n) is 18.9. The number of phenols is 1. The molecule has 16 heteroatoms. The Morgan fingerprint density at radius 2 is 0.949 bits per heavy atom. The zero-order valence-electron chi connectivity index (χ0n) is 42.2. The van der Waals surface area contributed by atoms with Crippen LogP contribution in [0.2, 0.25) is 0 Å². The Bertz CT molecular complexity index is 3860. The van der Waals surface area contributed by atoms with Crippen molar-refractivity contribution < 1.29 is 37.8 Å². The molecule has 79 heavy (non-hydrogen) atoms. The SMILES string of the molecule is O=C(NCc1ccncc1)c1c2c(c(O)c3ncccc13)C(=O)N(Cc1ccc(F)cc1)C2.O=C(NCc1ccncc1)c1c2c(c(OC(c3ccccc3)c3ccccc3)c3ncccc13)C(=O)N(Cc1ccc(F)cc1)C2. The molecule has 12 rings (SSSR count). The number of pyridine rings is 4. The number of aromatic nitrogens is 4. The number of hydrogen-bond acceptors (Lipinski definition) is 10. The lowest BCUT2D eigenvalue weighted by atomic mass is 9.95. The Balaban J connectivity index is 0.000000177. The maximum absolute atomic E-state index is 14.3.